The van der Waals surface area contributed by atoms with Crippen LogP contribution in [0.25, 0.3) is 0 Å². The lowest BCUT2D eigenvalue weighted by atomic mass is 10.0. The Hall–Kier alpha value is -3.20. The summed E-state index contributed by atoms with van der Waals surface area (Å²) in [5.74, 6) is -0.476. The number of carbonyl (C=O) groups excluding carboxylic acids is 1. The van der Waals surface area contributed by atoms with Crippen LogP contribution in [0, 0.1) is 6.92 Å². The Morgan fingerprint density at radius 3 is 1.79 bits per heavy atom. The highest BCUT2D eigenvalue weighted by Crippen LogP contribution is 2.13. The van der Waals surface area contributed by atoms with Gasteiger partial charge < -0.3 is 4.84 Å². The predicted molar refractivity (Wildman–Crippen MR) is 95.1 cm³/mol. The molecule has 0 radical (unpaired) electrons. The summed E-state index contributed by atoms with van der Waals surface area (Å²) < 4.78 is 0. The monoisotopic (exact) mass is 315 g/mol. The maximum atomic E-state index is 12.1. The van der Waals surface area contributed by atoms with Gasteiger partial charge in [0.05, 0.1) is 5.56 Å². The minimum atomic E-state index is -0.476. The Morgan fingerprint density at radius 1 is 0.708 bits per heavy atom. The lowest BCUT2D eigenvalue weighted by Gasteiger charge is -2.07. The fourth-order valence-electron chi connectivity index (χ4n) is 2.29. The van der Waals surface area contributed by atoms with Crippen molar-refractivity contribution in [3.63, 3.8) is 0 Å². The van der Waals surface area contributed by atoms with Gasteiger partial charge in [0, 0.05) is 11.1 Å². The third kappa shape index (κ3) is 3.76. The molecular formula is C21H17NO2. The van der Waals surface area contributed by atoms with E-state index in [2.05, 4.69) is 5.16 Å². The summed E-state index contributed by atoms with van der Waals surface area (Å²) in [4.78, 5) is 17.3. The number of oxime groups is 1. The summed E-state index contributed by atoms with van der Waals surface area (Å²) in [6.45, 7) is 2.03. The fourth-order valence-corrected chi connectivity index (χ4v) is 2.29. The van der Waals surface area contributed by atoms with Crippen molar-refractivity contribution in [2.45, 2.75) is 6.92 Å². The molecule has 0 heterocycles. The van der Waals surface area contributed by atoms with Crippen LogP contribution in [0.2, 0.25) is 0 Å². The van der Waals surface area contributed by atoms with Crippen LogP contribution in [0.1, 0.15) is 27.0 Å². The van der Waals surface area contributed by atoms with Crippen molar-refractivity contribution in [3.8, 4) is 0 Å². The van der Waals surface area contributed by atoms with Crippen molar-refractivity contribution in [3.05, 3.63) is 107 Å². The molecule has 0 aliphatic heterocycles. The van der Waals surface area contributed by atoms with Gasteiger partial charge in [0.25, 0.3) is 0 Å². The highest BCUT2D eigenvalue weighted by atomic mass is 16.7. The van der Waals surface area contributed by atoms with Gasteiger partial charge in [0.15, 0.2) is 0 Å². The third-order valence-corrected chi connectivity index (χ3v) is 3.60. The standard InChI is InChI=1S/C21H17NO2/c1-16-12-14-18(15-13-16)20(17-8-4-2-5-9-17)22-24-21(23)19-10-6-3-7-11-19/h2-15H,1H3/b22-20+. The molecule has 0 spiro atoms. The molecule has 0 amide bonds. The third-order valence-electron chi connectivity index (χ3n) is 3.60. The lowest BCUT2D eigenvalue weighted by molar-refractivity contribution is 0.0517. The second kappa shape index (κ2) is 7.38. The quantitative estimate of drug-likeness (QED) is 0.401. The molecule has 3 aromatic carbocycles. The molecule has 0 fully saturated rings. The van der Waals surface area contributed by atoms with Crippen LogP contribution in [0.4, 0.5) is 0 Å². The van der Waals surface area contributed by atoms with Gasteiger partial charge in [-0.05, 0) is 19.1 Å². The van der Waals surface area contributed by atoms with Crippen LogP contribution in [0.3, 0.4) is 0 Å². The molecule has 0 unspecified atom stereocenters. The first-order valence-electron chi connectivity index (χ1n) is 7.71. The maximum Gasteiger partial charge on any atom is 0.365 e. The Kier molecular flexibility index (Phi) is 4.82. The fraction of sp³-hybridized carbons (Fsp3) is 0.0476. The number of hydrogen-bond donors (Lipinski definition) is 0. The minimum absolute atomic E-state index is 0.470. The van der Waals surface area contributed by atoms with Crippen molar-refractivity contribution in [2.24, 2.45) is 5.16 Å². The summed E-state index contributed by atoms with van der Waals surface area (Å²) >= 11 is 0. The molecule has 3 heteroatoms. The average molecular weight is 315 g/mol. The number of carbonyl (C=O) groups is 1. The average Bonchev–Trinajstić information content (AvgIpc) is 2.65. The molecule has 118 valence electrons. The molecule has 3 rings (SSSR count). The SMILES string of the molecule is Cc1ccc(/C(=N/OC(=O)c2ccccc2)c2ccccc2)cc1. The van der Waals surface area contributed by atoms with Crippen molar-refractivity contribution in [2.75, 3.05) is 0 Å². The summed E-state index contributed by atoms with van der Waals surface area (Å²) in [6, 6.07) is 26.5. The highest BCUT2D eigenvalue weighted by molar-refractivity contribution is 6.12. The molecule has 0 N–H and O–H groups in total. The molecule has 0 bridgehead atoms. The van der Waals surface area contributed by atoms with E-state index in [4.69, 9.17) is 4.84 Å². The van der Waals surface area contributed by atoms with E-state index in [1.807, 2.05) is 67.6 Å². The largest absolute Gasteiger partial charge is 0.365 e. The van der Waals surface area contributed by atoms with Gasteiger partial charge in [-0.25, -0.2) is 4.79 Å². The van der Waals surface area contributed by atoms with Crippen LogP contribution in [-0.4, -0.2) is 11.7 Å². The van der Waals surface area contributed by atoms with Crippen LogP contribution >= 0.6 is 0 Å². The van der Waals surface area contributed by atoms with Crippen LogP contribution < -0.4 is 0 Å². The molecule has 0 aromatic heterocycles. The second-order valence-electron chi connectivity index (χ2n) is 5.42. The first-order valence-corrected chi connectivity index (χ1v) is 7.71. The number of aryl methyl sites for hydroxylation is 1. The smallest absolute Gasteiger partial charge is 0.312 e. The predicted octanol–water partition coefficient (Wildman–Crippen LogP) is 4.60. The number of nitrogens with zero attached hydrogens (tertiary/aromatic N) is 1. The van der Waals surface area contributed by atoms with E-state index in [0.717, 1.165) is 16.7 Å². The van der Waals surface area contributed by atoms with Crippen molar-refractivity contribution < 1.29 is 9.63 Å². The van der Waals surface area contributed by atoms with E-state index in [1.54, 1.807) is 24.3 Å². The molecule has 0 saturated carbocycles. The summed E-state index contributed by atoms with van der Waals surface area (Å²) in [5, 5.41) is 4.14. The number of benzene rings is 3. The highest BCUT2D eigenvalue weighted by Gasteiger charge is 2.11. The van der Waals surface area contributed by atoms with Crippen molar-refractivity contribution >= 4 is 11.7 Å². The van der Waals surface area contributed by atoms with Crippen LogP contribution in [-0.2, 0) is 4.84 Å². The van der Waals surface area contributed by atoms with E-state index >= 15 is 0 Å². The topological polar surface area (TPSA) is 38.7 Å². The van der Waals surface area contributed by atoms with E-state index in [9.17, 15) is 4.79 Å². The Labute approximate surface area is 141 Å². The molecule has 0 saturated heterocycles. The summed E-state index contributed by atoms with van der Waals surface area (Å²) in [6.07, 6.45) is 0. The molecular weight excluding hydrogens is 298 g/mol. The second-order valence-corrected chi connectivity index (χ2v) is 5.42. The molecule has 0 aliphatic carbocycles. The molecule has 24 heavy (non-hydrogen) atoms. The number of hydrogen-bond acceptors (Lipinski definition) is 3. The van der Waals surface area contributed by atoms with Gasteiger partial charge in [0.1, 0.15) is 5.71 Å². The number of rotatable bonds is 4. The lowest BCUT2D eigenvalue weighted by Crippen LogP contribution is -2.07. The van der Waals surface area contributed by atoms with Gasteiger partial charge in [-0.1, -0.05) is 83.5 Å². The zero-order chi connectivity index (χ0) is 16.8. The summed E-state index contributed by atoms with van der Waals surface area (Å²) in [5.41, 5.74) is 4.04. The van der Waals surface area contributed by atoms with Crippen molar-refractivity contribution in [1.29, 1.82) is 0 Å². The van der Waals surface area contributed by atoms with Gasteiger partial charge in [-0.2, -0.15) is 0 Å². The van der Waals surface area contributed by atoms with E-state index < -0.39 is 5.97 Å². The zero-order valence-electron chi connectivity index (χ0n) is 13.3. The van der Waals surface area contributed by atoms with Crippen LogP contribution in [0.15, 0.2) is 90.1 Å². The van der Waals surface area contributed by atoms with Crippen LogP contribution in [0.5, 0.6) is 0 Å². The molecule has 0 aliphatic rings. The Morgan fingerprint density at radius 2 is 1.21 bits per heavy atom. The zero-order valence-corrected chi connectivity index (χ0v) is 13.3. The van der Waals surface area contributed by atoms with Gasteiger partial charge in [-0.15, -0.1) is 0 Å². The van der Waals surface area contributed by atoms with E-state index in [1.165, 1.54) is 0 Å². The molecule has 3 nitrogen and oxygen atoms in total. The van der Waals surface area contributed by atoms with Gasteiger partial charge >= 0.3 is 5.97 Å². The van der Waals surface area contributed by atoms with Gasteiger partial charge in [-0.3, -0.25) is 0 Å². The van der Waals surface area contributed by atoms with E-state index in [-0.39, 0.29) is 0 Å². The summed E-state index contributed by atoms with van der Waals surface area (Å²) in [7, 11) is 0. The maximum absolute atomic E-state index is 12.1. The Bertz CT molecular complexity index is 838. The first kappa shape index (κ1) is 15.7. The molecule has 0 atom stereocenters. The first-order chi connectivity index (χ1) is 11.7. The normalized spacial score (nSPS) is 11.1. The Balaban J connectivity index is 1.93. The van der Waals surface area contributed by atoms with Crippen molar-refractivity contribution in [1.82, 2.24) is 0 Å². The molecule has 3 aromatic rings. The minimum Gasteiger partial charge on any atom is -0.312 e. The van der Waals surface area contributed by atoms with Gasteiger partial charge in [0.2, 0.25) is 0 Å². The van der Waals surface area contributed by atoms with E-state index in [0.29, 0.717) is 11.3 Å².